The van der Waals surface area contributed by atoms with E-state index in [2.05, 4.69) is 0 Å². The molecule has 28 heavy (non-hydrogen) atoms. The lowest BCUT2D eigenvalue weighted by Gasteiger charge is -2.28. The number of rotatable bonds is 6. The molecule has 3 rings (SSSR count). The molecule has 2 aromatic carbocycles. The molecule has 0 fully saturated rings. The quantitative estimate of drug-likeness (QED) is 0.775. The number of hydrogen-bond acceptors (Lipinski definition) is 4. The van der Waals surface area contributed by atoms with E-state index in [0.717, 1.165) is 22.4 Å². The van der Waals surface area contributed by atoms with Crippen molar-refractivity contribution in [2.75, 3.05) is 7.11 Å². The van der Waals surface area contributed by atoms with Crippen LogP contribution in [0.2, 0.25) is 0 Å². The van der Waals surface area contributed by atoms with Crippen molar-refractivity contribution in [3.8, 4) is 11.5 Å². The smallest absolute Gasteiger partial charge is 0.127 e. The molecule has 0 saturated heterocycles. The largest absolute Gasteiger partial charge is 0.496 e. The third kappa shape index (κ3) is 4.11. The van der Waals surface area contributed by atoms with E-state index in [1.165, 1.54) is 7.11 Å². The Hall–Kier alpha value is -2.63. The molecule has 1 aliphatic heterocycles. The van der Waals surface area contributed by atoms with Gasteiger partial charge in [-0.15, -0.1) is 0 Å². The highest BCUT2D eigenvalue weighted by atomic mass is 18.2. The summed E-state index contributed by atoms with van der Waals surface area (Å²) in [5.74, 6) is 1.25. The molecule has 0 spiro atoms. The first kappa shape index (κ1) is 20.1. The number of hydrogen-bond donors (Lipinski definition) is 2. The molecule has 148 valence electrons. The fourth-order valence-corrected chi connectivity index (χ4v) is 3.37. The van der Waals surface area contributed by atoms with Gasteiger partial charge in [-0.2, -0.15) is 0 Å². The molecule has 0 unspecified atom stereocenters. The van der Waals surface area contributed by atoms with Gasteiger partial charge < -0.3 is 19.7 Å². The van der Waals surface area contributed by atoms with Crippen LogP contribution < -0.4 is 9.47 Å². The lowest BCUT2D eigenvalue weighted by atomic mass is 9.93. The van der Waals surface area contributed by atoms with E-state index in [4.69, 9.17) is 9.47 Å². The minimum Gasteiger partial charge on any atom is -0.496 e. The fourth-order valence-electron chi connectivity index (χ4n) is 3.37. The molecular weight excluding hydrogens is 358 g/mol. The molecular formula is C23H25FO4. The summed E-state index contributed by atoms with van der Waals surface area (Å²) < 4.78 is 25.0. The minimum absolute atomic E-state index is 0.231. The molecule has 1 heterocycles. The molecule has 0 bridgehead atoms. The maximum absolute atomic E-state index is 13.8. The summed E-state index contributed by atoms with van der Waals surface area (Å²) in [7, 11) is 1.50. The number of allylic oxidation sites excluding steroid dienone is 1. The topological polar surface area (TPSA) is 58.9 Å². The summed E-state index contributed by atoms with van der Waals surface area (Å²) in [5, 5.41) is 19.1. The van der Waals surface area contributed by atoms with Crippen LogP contribution in [0.25, 0.3) is 11.6 Å². The zero-order valence-electron chi connectivity index (χ0n) is 16.3. The predicted octanol–water partition coefficient (Wildman–Crippen LogP) is 4.42. The fraction of sp³-hybridized carbons (Fsp3) is 0.304. The van der Waals surface area contributed by atoms with Crippen molar-refractivity contribution in [1.82, 2.24) is 0 Å². The molecule has 1 aliphatic rings. The normalized spacial score (nSPS) is 15.1. The Bertz CT molecular complexity index is 903. The Morgan fingerprint density at radius 3 is 2.61 bits per heavy atom. The van der Waals surface area contributed by atoms with Crippen LogP contribution >= 0.6 is 0 Å². The molecule has 0 atom stereocenters. The van der Waals surface area contributed by atoms with Crippen LogP contribution in [-0.4, -0.2) is 22.9 Å². The Morgan fingerprint density at radius 1 is 1.18 bits per heavy atom. The number of aliphatic hydroxyl groups excluding tert-OH is 2. The summed E-state index contributed by atoms with van der Waals surface area (Å²) in [5.41, 5.74) is 3.69. The first-order valence-electron chi connectivity index (χ1n) is 9.13. The highest BCUT2D eigenvalue weighted by molar-refractivity contribution is 5.72. The SMILES string of the molecule is COc1cc(C/C(=C/[18F])c2ccc3c(c2)C=CC(C)(C)O3)cc(CO)c1CO. The van der Waals surface area contributed by atoms with Crippen LogP contribution in [0.4, 0.5) is 4.39 Å². The highest BCUT2D eigenvalue weighted by Crippen LogP contribution is 2.34. The van der Waals surface area contributed by atoms with Gasteiger partial charge in [-0.05, 0) is 60.4 Å². The minimum atomic E-state index is -0.362. The van der Waals surface area contributed by atoms with Gasteiger partial charge in [0.1, 0.15) is 17.1 Å². The van der Waals surface area contributed by atoms with Crippen molar-refractivity contribution in [3.63, 3.8) is 0 Å². The van der Waals surface area contributed by atoms with E-state index in [1.54, 1.807) is 12.1 Å². The van der Waals surface area contributed by atoms with Crippen LogP contribution in [0.1, 0.15) is 41.7 Å². The maximum Gasteiger partial charge on any atom is 0.127 e. The monoisotopic (exact) mass is 383 g/mol. The Labute approximate surface area is 164 Å². The number of aliphatic hydroxyl groups is 2. The van der Waals surface area contributed by atoms with Gasteiger partial charge in [-0.3, -0.25) is 0 Å². The molecule has 2 N–H and O–H groups in total. The second-order valence-corrected chi connectivity index (χ2v) is 7.35. The average Bonchev–Trinajstić information content (AvgIpc) is 2.70. The first-order chi connectivity index (χ1) is 13.4. The molecule has 0 aliphatic carbocycles. The van der Waals surface area contributed by atoms with E-state index in [9.17, 15) is 14.6 Å². The molecule has 0 radical (unpaired) electrons. The van der Waals surface area contributed by atoms with Crippen molar-refractivity contribution in [3.05, 3.63) is 70.6 Å². The molecule has 0 amide bonds. The predicted molar refractivity (Wildman–Crippen MR) is 108 cm³/mol. The summed E-state index contributed by atoms with van der Waals surface area (Å²) in [6.45, 7) is 3.50. The van der Waals surface area contributed by atoms with E-state index < -0.39 is 0 Å². The number of halogens is 1. The van der Waals surface area contributed by atoms with Crippen LogP contribution in [0, 0.1) is 0 Å². The zero-order chi connectivity index (χ0) is 20.3. The maximum atomic E-state index is 13.8. The second kappa shape index (κ2) is 8.17. The van der Waals surface area contributed by atoms with Crippen molar-refractivity contribution in [1.29, 1.82) is 0 Å². The third-order valence-electron chi connectivity index (χ3n) is 4.85. The Morgan fingerprint density at radius 2 is 1.96 bits per heavy atom. The lowest BCUT2D eigenvalue weighted by molar-refractivity contribution is 0.159. The lowest BCUT2D eigenvalue weighted by Crippen LogP contribution is -2.27. The molecule has 2 aromatic rings. The van der Waals surface area contributed by atoms with Gasteiger partial charge in [-0.25, -0.2) is 4.39 Å². The van der Waals surface area contributed by atoms with E-state index in [0.29, 0.717) is 35.2 Å². The van der Waals surface area contributed by atoms with Gasteiger partial charge in [0, 0.05) is 17.5 Å². The Balaban J connectivity index is 1.92. The van der Waals surface area contributed by atoms with Crippen molar-refractivity contribution in [2.45, 2.75) is 39.1 Å². The van der Waals surface area contributed by atoms with Crippen molar-refractivity contribution < 1.29 is 24.1 Å². The summed E-state index contributed by atoms with van der Waals surface area (Å²) in [6.07, 6.45) is 4.88. The third-order valence-corrected chi connectivity index (χ3v) is 4.85. The molecule has 0 aromatic heterocycles. The van der Waals surface area contributed by atoms with Crippen molar-refractivity contribution in [2.24, 2.45) is 0 Å². The van der Waals surface area contributed by atoms with E-state index >= 15 is 0 Å². The summed E-state index contributed by atoms with van der Waals surface area (Å²) in [6, 6.07) is 9.12. The molecule has 0 saturated carbocycles. The van der Waals surface area contributed by atoms with E-state index in [1.807, 2.05) is 44.2 Å². The highest BCUT2D eigenvalue weighted by Gasteiger charge is 2.22. The van der Waals surface area contributed by atoms with E-state index in [-0.39, 0.29) is 18.8 Å². The number of ether oxygens (including phenoxy) is 2. The number of fused-ring (bicyclic) bond motifs is 1. The van der Waals surface area contributed by atoms with Gasteiger partial charge in [0.25, 0.3) is 0 Å². The second-order valence-electron chi connectivity index (χ2n) is 7.35. The zero-order valence-corrected chi connectivity index (χ0v) is 16.3. The average molecular weight is 383 g/mol. The van der Waals surface area contributed by atoms with Crippen LogP contribution in [0.5, 0.6) is 11.5 Å². The van der Waals surface area contributed by atoms with Crippen LogP contribution in [0.15, 0.2) is 42.7 Å². The van der Waals surface area contributed by atoms with Crippen molar-refractivity contribution >= 4 is 11.6 Å². The van der Waals surface area contributed by atoms with Gasteiger partial charge in [-0.1, -0.05) is 18.2 Å². The first-order valence-corrected chi connectivity index (χ1v) is 9.13. The van der Waals surface area contributed by atoms with Crippen LogP contribution in [-0.2, 0) is 19.6 Å². The van der Waals surface area contributed by atoms with Gasteiger partial charge in [0.05, 0.1) is 26.7 Å². The van der Waals surface area contributed by atoms with Gasteiger partial charge in [0.2, 0.25) is 0 Å². The number of benzene rings is 2. The standard InChI is InChI=1S/C23H25FO4/c1-23(2)7-6-17-11-16(4-5-21(17)28-23)18(12-24)8-15-9-19(13-25)20(14-26)22(10-15)27-3/h4-7,9-12,25-26H,8,13-14H2,1-3H3/b18-12-/i24-1. The van der Waals surface area contributed by atoms with Gasteiger partial charge in [0.15, 0.2) is 0 Å². The summed E-state index contributed by atoms with van der Waals surface area (Å²) in [4.78, 5) is 0. The molecule has 5 heteroatoms. The van der Waals surface area contributed by atoms with Gasteiger partial charge >= 0.3 is 0 Å². The Kier molecular flexibility index (Phi) is 5.87. The summed E-state index contributed by atoms with van der Waals surface area (Å²) >= 11 is 0. The number of methoxy groups -OCH3 is 1. The molecule has 4 nitrogen and oxygen atoms in total. The van der Waals surface area contributed by atoms with Crippen LogP contribution in [0.3, 0.4) is 0 Å².